The van der Waals surface area contributed by atoms with Crippen LogP contribution in [0.3, 0.4) is 0 Å². The molecule has 1 aromatic rings. The molecule has 1 aromatic carbocycles. The van der Waals surface area contributed by atoms with Crippen molar-refractivity contribution in [3.05, 3.63) is 47.5 Å². The summed E-state index contributed by atoms with van der Waals surface area (Å²) in [5.74, 6) is 0.544. The third kappa shape index (κ3) is 4.10. The lowest BCUT2D eigenvalue weighted by molar-refractivity contribution is -0.138. The van der Waals surface area contributed by atoms with Crippen molar-refractivity contribution in [1.29, 1.82) is 0 Å². The molecule has 0 amide bonds. The summed E-state index contributed by atoms with van der Waals surface area (Å²) in [5, 5.41) is 3.15. The molecule has 1 nitrogen and oxygen atoms in total. The Morgan fingerprint density at radius 2 is 1.95 bits per heavy atom. The van der Waals surface area contributed by atoms with Crippen molar-refractivity contribution in [2.45, 2.75) is 32.0 Å². The van der Waals surface area contributed by atoms with E-state index in [0.29, 0.717) is 11.5 Å². The Morgan fingerprint density at radius 3 is 2.63 bits per heavy atom. The van der Waals surface area contributed by atoms with Crippen molar-refractivity contribution in [1.82, 2.24) is 5.32 Å². The van der Waals surface area contributed by atoms with Gasteiger partial charge in [-0.1, -0.05) is 30.4 Å². The molecule has 0 fully saturated rings. The molecule has 0 bridgehead atoms. The molecule has 0 spiro atoms. The Bertz CT molecular complexity index is 437. The van der Waals surface area contributed by atoms with E-state index in [1.807, 2.05) is 0 Å². The highest BCUT2D eigenvalue weighted by atomic mass is 19.4. The first-order valence-corrected chi connectivity index (χ1v) is 6.58. The first kappa shape index (κ1) is 14.1. The molecule has 0 heterocycles. The predicted octanol–water partition coefficient (Wildman–Crippen LogP) is 4.15. The number of benzene rings is 1. The fourth-order valence-corrected chi connectivity index (χ4v) is 2.40. The lowest BCUT2D eigenvalue weighted by Gasteiger charge is -2.19. The lowest BCUT2D eigenvalue weighted by Crippen LogP contribution is -2.24. The van der Waals surface area contributed by atoms with Gasteiger partial charge in [0.05, 0.1) is 5.56 Å². The van der Waals surface area contributed by atoms with E-state index in [1.54, 1.807) is 6.07 Å². The summed E-state index contributed by atoms with van der Waals surface area (Å²) < 4.78 is 38.4. The first-order valence-electron chi connectivity index (χ1n) is 6.58. The summed E-state index contributed by atoms with van der Waals surface area (Å²) in [5.41, 5.74) is -0.215. The van der Waals surface area contributed by atoms with Crippen LogP contribution in [0, 0.1) is 5.92 Å². The maximum atomic E-state index is 12.8. The van der Waals surface area contributed by atoms with Gasteiger partial charge in [0.15, 0.2) is 0 Å². The van der Waals surface area contributed by atoms with E-state index in [-0.39, 0.29) is 6.54 Å². The van der Waals surface area contributed by atoms with Gasteiger partial charge in [0.25, 0.3) is 0 Å². The smallest absolute Gasteiger partial charge is 0.312 e. The van der Waals surface area contributed by atoms with Crippen LogP contribution < -0.4 is 5.32 Å². The zero-order valence-corrected chi connectivity index (χ0v) is 10.7. The van der Waals surface area contributed by atoms with E-state index in [9.17, 15) is 13.2 Å². The highest BCUT2D eigenvalue weighted by Crippen LogP contribution is 2.31. The average Bonchev–Trinajstić information content (AvgIpc) is 2.39. The van der Waals surface area contributed by atoms with Crippen molar-refractivity contribution in [2.24, 2.45) is 5.92 Å². The Labute approximate surface area is 111 Å². The summed E-state index contributed by atoms with van der Waals surface area (Å²) >= 11 is 0. The third-order valence-corrected chi connectivity index (χ3v) is 3.45. The van der Waals surface area contributed by atoms with Crippen LogP contribution in [0.25, 0.3) is 0 Å². The van der Waals surface area contributed by atoms with Crippen molar-refractivity contribution in [3.8, 4) is 0 Å². The summed E-state index contributed by atoms with van der Waals surface area (Å²) in [6, 6.07) is 5.75. The molecule has 1 unspecified atom stereocenters. The fraction of sp³-hybridized carbons (Fsp3) is 0.467. The van der Waals surface area contributed by atoms with Gasteiger partial charge in [-0.15, -0.1) is 0 Å². The van der Waals surface area contributed by atoms with Gasteiger partial charge in [-0.2, -0.15) is 13.2 Å². The number of alkyl halides is 3. The van der Waals surface area contributed by atoms with Gasteiger partial charge in [-0.3, -0.25) is 0 Å². The number of nitrogens with one attached hydrogen (secondary N) is 1. The average molecular weight is 269 g/mol. The van der Waals surface area contributed by atoms with Gasteiger partial charge in [-0.05, 0) is 43.4 Å². The highest BCUT2D eigenvalue weighted by molar-refractivity contribution is 5.29. The predicted molar refractivity (Wildman–Crippen MR) is 69.6 cm³/mol. The monoisotopic (exact) mass is 269 g/mol. The molecule has 104 valence electrons. The van der Waals surface area contributed by atoms with Crippen LogP contribution in [-0.4, -0.2) is 6.54 Å². The lowest BCUT2D eigenvalue weighted by atomic mass is 9.94. The van der Waals surface area contributed by atoms with Crippen molar-refractivity contribution < 1.29 is 13.2 Å². The van der Waals surface area contributed by atoms with Gasteiger partial charge in [-0.25, -0.2) is 0 Å². The summed E-state index contributed by atoms with van der Waals surface area (Å²) in [6.45, 7) is 1.05. The quantitative estimate of drug-likeness (QED) is 0.810. The maximum Gasteiger partial charge on any atom is 0.416 e. The van der Waals surface area contributed by atoms with Crippen LogP contribution in [0.2, 0.25) is 0 Å². The number of hydrogen-bond donors (Lipinski definition) is 1. The van der Waals surface area contributed by atoms with Crippen LogP contribution in [0.5, 0.6) is 0 Å². The van der Waals surface area contributed by atoms with E-state index >= 15 is 0 Å². The number of halogens is 3. The molecule has 0 radical (unpaired) electrons. The summed E-state index contributed by atoms with van der Waals surface area (Å²) in [6.07, 6.45) is 3.25. The van der Waals surface area contributed by atoms with Gasteiger partial charge in [0, 0.05) is 6.54 Å². The molecule has 0 saturated carbocycles. The van der Waals surface area contributed by atoms with Crippen molar-refractivity contribution in [3.63, 3.8) is 0 Å². The second-order valence-electron chi connectivity index (χ2n) is 4.94. The second kappa shape index (κ2) is 6.24. The van der Waals surface area contributed by atoms with Gasteiger partial charge in [0.2, 0.25) is 0 Å². The van der Waals surface area contributed by atoms with Crippen molar-refractivity contribution >= 4 is 0 Å². The molecule has 1 aliphatic carbocycles. The van der Waals surface area contributed by atoms with E-state index in [1.165, 1.54) is 12.1 Å². The fourth-order valence-electron chi connectivity index (χ4n) is 2.40. The minimum Gasteiger partial charge on any atom is -0.312 e. The Hall–Kier alpha value is -1.29. The van der Waals surface area contributed by atoms with Crippen LogP contribution in [0.4, 0.5) is 13.2 Å². The van der Waals surface area contributed by atoms with Gasteiger partial charge >= 0.3 is 6.18 Å². The number of hydrogen-bond acceptors (Lipinski definition) is 1. The van der Waals surface area contributed by atoms with E-state index in [2.05, 4.69) is 17.5 Å². The van der Waals surface area contributed by atoms with E-state index in [4.69, 9.17) is 0 Å². The zero-order chi connectivity index (χ0) is 13.7. The van der Waals surface area contributed by atoms with E-state index < -0.39 is 11.7 Å². The molecule has 1 N–H and O–H groups in total. The van der Waals surface area contributed by atoms with Crippen LogP contribution in [-0.2, 0) is 12.7 Å². The van der Waals surface area contributed by atoms with E-state index in [0.717, 1.165) is 31.9 Å². The third-order valence-electron chi connectivity index (χ3n) is 3.45. The molecule has 0 aliphatic heterocycles. The largest absolute Gasteiger partial charge is 0.416 e. The molecular formula is C15H18F3N. The Balaban J connectivity index is 1.90. The maximum absolute atomic E-state index is 12.8. The summed E-state index contributed by atoms with van der Waals surface area (Å²) in [4.78, 5) is 0. The highest BCUT2D eigenvalue weighted by Gasteiger charge is 2.32. The normalized spacial score (nSPS) is 19.6. The molecule has 0 saturated heterocycles. The zero-order valence-electron chi connectivity index (χ0n) is 10.7. The minimum atomic E-state index is -4.27. The molecule has 2 rings (SSSR count). The topological polar surface area (TPSA) is 12.0 Å². The second-order valence-corrected chi connectivity index (χ2v) is 4.94. The number of allylic oxidation sites excluding steroid dienone is 2. The number of rotatable bonds is 4. The molecule has 1 atom stereocenters. The summed E-state index contributed by atoms with van der Waals surface area (Å²) in [7, 11) is 0. The van der Waals surface area contributed by atoms with Crippen molar-refractivity contribution in [2.75, 3.05) is 6.54 Å². The molecule has 4 heteroatoms. The Morgan fingerprint density at radius 1 is 1.16 bits per heavy atom. The van der Waals surface area contributed by atoms with Crippen LogP contribution in [0.1, 0.15) is 30.4 Å². The molecular weight excluding hydrogens is 251 g/mol. The first-order chi connectivity index (χ1) is 9.07. The molecule has 19 heavy (non-hydrogen) atoms. The molecule has 1 aliphatic rings. The SMILES string of the molecule is FC(F)(F)c1ccccc1CNCC1CC=CCC1. The van der Waals surface area contributed by atoms with Gasteiger partial charge in [0.1, 0.15) is 0 Å². The minimum absolute atomic E-state index is 0.274. The molecule has 0 aromatic heterocycles. The standard InChI is InChI=1S/C15H18F3N/c16-15(17,18)14-9-5-4-8-13(14)11-19-10-12-6-2-1-3-7-12/h1-2,4-5,8-9,12,19H,3,6-7,10-11H2. The van der Waals surface area contributed by atoms with Gasteiger partial charge < -0.3 is 5.32 Å². The van der Waals surface area contributed by atoms with Crippen LogP contribution in [0.15, 0.2) is 36.4 Å². The Kier molecular flexibility index (Phi) is 4.64. The van der Waals surface area contributed by atoms with Crippen LogP contribution >= 0.6 is 0 Å².